The van der Waals surface area contributed by atoms with Crippen molar-refractivity contribution >= 4 is 15.8 Å². The molecule has 0 spiro atoms. The van der Waals surface area contributed by atoms with Crippen molar-refractivity contribution in [1.29, 1.82) is 0 Å². The van der Waals surface area contributed by atoms with Gasteiger partial charge in [-0.25, -0.2) is 12.8 Å². The summed E-state index contributed by atoms with van der Waals surface area (Å²) >= 11 is 0. The van der Waals surface area contributed by atoms with Crippen LogP contribution >= 0.6 is 0 Å². The first kappa shape index (κ1) is 15.6. The van der Waals surface area contributed by atoms with Crippen molar-refractivity contribution < 1.29 is 22.3 Å². The average Bonchev–Trinajstić information content (AvgIpc) is 2.30. The standard InChI is InChI=1S/C12H16FNO4S/c1-2-18-12(15)8-19(16,17)7-9-3-4-11(13)10(5-9)6-14/h3-5H,2,6-8,14H2,1H3. The molecule has 19 heavy (non-hydrogen) atoms. The number of hydrogen-bond acceptors (Lipinski definition) is 5. The third kappa shape index (κ3) is 4.96. The minimum Gasteiger partial charge on any atom is -0.465 e. The fraction of sp³-hybridized carbons (Fsp3) is 0.417. The molecule has 106 valence electrons. The van der Waals surface area contributed by atoms with Crippen molar-refractivity contribution in [3.63, 3.8) is 0 Å². The Labute approximate surface area is 111 Å². The highest BCUT2D eigenvalue weighted by molar-refractivity contribution is 7.91. The van der Waals surface area contributed by atoms with E-state index in [0.717, 1.165) is 6.07 Å². The van der Waals surface area contributed by atoms with Crippen LogP contribution in [-0.4, -0.2) is 26.7 Å². The van der Waals surface area contributed by atoms with Gasteiger partial charge in [-0.2, -0.15) is 0 Å². The summed E-state index contributed by atoms with van der Waals surface area (Å²) in [6, 6.07) is 3.91. The summed E-state index contributed by atoms with van der Waals surface area (Å²) in [6.07, 6.45) is 0. The van der Waals surface area contributed by atoms with E-state index in [1.54, 1.807) is 6.92 Å². The number of ether oxygens (including phenoxy) is 1. The van der Waals surface area contributed by atoms with E-state index in [0.29, 0.717) is 5.56 Å². The fourth-order valence-corrected chi connectivity index (χ4v) is 2.79. The van der Waals surface area contributed by atoms with Crippen molar-refractivity contribution in [2.45, 2.75) is 19.2 Å². The van der Waals surface area contributed by atoms with Crippen LogP contribution in [0.15, 0.2) is 18.2 Å². The minimum atomic E-state index is -3.63. The number of sulfone groups is 1. The molecule has 0 aliphatic heterocycles. The smallest absolute Gasteiger partial charge is 0.321 e. The van der Waals surface area contributed by atoms with Crippen LogP contribution < -0.4 is 5.73 Å². The van der Waals surface area contributed by atoms with E-state index in [1.807, 2.05) is 0 Å². The number of carbonyl (C=O) groups is 1. The third-order valence-corrected chi connectivity index (χ3v) is 3.81. The maximum atomic E-state index is 13.2. The average molecular weight is 289 g/mol. The second kappa shape index (κ2) is 6.63. The van der Waals surface area contributed by atoms with Gasteiger partial charge >= 0.3 is 5.97 Å². The zero-order valence-corrected chi connectivity index (χ0v) is 11.4. The lowest BCUT2D eigenvalue weighted by Gasteiger charge is -2.06. The molecule has 2 N–H and O–H groups in total. The van der Waals surface area contributed by atoms with Crippen LogP contribution in [0, 0.1) is 5.82 Å². The van der Waals surface area contributed by atoms with Crippen molar-refractivity contribution in [2.75, 3.05) is 12.4 Å². The normalized spacial score (nSPS) is 11.3. The van der Waals surface area contributed by atoms with Gasteiger partial charge in [0.05, 0.1) is 12.4 Å². The van der Waals surface area contributed by atoms with E-state index in [2.05, 4.69) is 4.74 Å². The van der Waals surface area contributed by atoms with E-state index < -0.39 is 27.4 Å². The van der Waals surface area contributed by atoms with Gasteiger partial charge < -0.3 is 10.5 Å². The number of hydrogen-bond donors (Lipinski definition) is 1. The van der Waals surface area contributed by atoms with Gasteiger partial charge in [-0.3, -0.25) is 4.79 Å². The summed E-state index contributed by atoms with van der Waals surface area (Å²) in [5, 5.41) is 0. The highest BCUT2D eigenvalue weighted by Gasteiger charge is 2.18. The van der Waals surface area contributed by atoms with Gasteiger partial charge in [0.1, 0.15) is 11.6 Å². The monoisotopic (exact) mass is 289 g/mol. The molecule has 5 nitrogen and oxygen atoms in total. The number of rotatable bonds is 6. The largest absolute Gasteiger partial charge is 0.465 e. The first-order valence-corrected chi connectivity index (χ1v) is 7.53. The first-order valence-electron chi connectivity index (χ1n) is 5.71. The fourth-order valence-electron chi connectivity index (χ4n) is 1.56. The van der Waals surface area contributed by atoms with E-state index >= 15 is 0 Å². The maximum Gasteiger partial charge on any atom is 0.321 e. The Kier molecular flexibility index (Phi) is 5.44. The molecule has 0 saturated heterocycles. The molecule has 0 heterocycles. The Morgan fingerprint density at radius 3 is 2.68 bits per heavy atom. The molecule has 1 aromatic carbocycles. The molecule has 0 radical (unpaired) electrons. The van der Waals surface area contributed by atoms with Gasteiger partial charge in [-0.05, 0) is 18.6 Å². The van der Waals surface area contributed by atoms with Crippen molar-refractivity contribution in [2.24, 2.45) is 5.73 Å². The van der Waals surface area contributed by atoms with Crippen LogP contribution in [0.2, 0.25) is 0 Å². The maximum absolute atomic E-state index is 13.2. The van der Waals surface area contributed by atoms with Gasteiger partial charge in [0, 0.05) is 12.1 Å². The summed E-state index contributed by atoms with van der Waals surface area (Å²) in [6.45, 7) is 1.71. The van der Waals surface area contributed by atoms with Crippen LogP contribution in [0.25, 0.3) is 0 Å². The van der Waals surface area contributed by atoms with E-state index in [4.69, 9.17) is 5.73 Å². The first-order chi connectivity index (χ1) is 8.88. The summed E-state index contributed by atoms with van der Waals surface area (Å²) in [4.78, 5) is 11.1. The van der Waals surface area contributed by atoms with Crippen LogP contribution in [0.3, 0.4) is 0 Å². The Balaban J connectivity index is 2.81. The molecule has 0 fully saturated rings. The number of nitrogens with two attached hydrogens (primary N) is 1. The van der Waals surface area contributed by atoms with Crippen molar-refractivity contribution in [3.05, 3.63) is 35.1 Å². The summed E-state index contributed by atoms with van der Waals surface area (Å²) < 4.78 is 41.3. The number of esters is 1. The lowest BCUT2D eigenvalue weighted by Crippen LogP contribution is -2.20. The molecular weight excluding hydrogens is 273 g/mol. The summed E-state index contributed by atoms with van der Waals surface area (Å²) in [5.74, 6) is -2.30. The summed E-state index contributed by atoms with van der Waals surface area (Å²) in [5.41, 5.74) is 5.97. The molecule has 0 atom stereocenters. The van der Waals surface area contributed by atoms with Crippen LogP contribution in [0.4, 0.5) is 4.39 Å². The molecular formula is C12H16FNO4S. The van der Waals surface area contributed by atoms with Crippen molar-refractivity contribution in [3.8, 4) is 0 Å². The molecule has 7 heteroatoms. The molecule has 0 aliphatic rings. The van der Waals surface area contributed by atoms with Crippen LogP contribution in [0.5, 0.6) is 0 Å². The predicted octanol–water partition coefficient (Wildman–Crippen LogP) is 0.762. The SMILES string of the molecule is CCOC(=O)CS(=O)(=O)Cc1ccc(F)c(CN)c1. The third-order valence-electron chi connectivity index (χ3n) is 2.36. The van der Waals surface area contributed by atoms with Gasteiger partial charge in [-0.15, -0.1) is 0 Å². The van der Waals surface area contributed by atoms with Crippen LogP contribution in [-0.2, 0) is 31.7 Å². The molecule has 0 bridgehead atoms. The van der Waals surface area contributed by atoms with Gasteiger partial charge in [-0.1, -0.05) is 12.1 Å². The number of halogens is 1. The second-order valence-corrected chi connectivity index (χ2v) is 6.03. The molecule has 0 amide bonds. The summed E-state index contributed by atoms with van der Waals surface area (Å²) in [7, 11) is -3.63. The number of benzene rings is 1. The Hall–Kier alpha value is -1.47. The zero-order valence-electron chi connectivity index (χ0n) is 10.6. The Morgan fingerprint density at radius 1 is 1.42 bits per heavy atom. The Bertz CT molecular complexity index is 557. The van der Waals surface area contributed by atoms with Crippen molar-refractivity contribution in [1.82, 2.24) is 0 Å². The highest BCUT2D eigenvalue weighted by atomic mass is 32.2. The van der Waals surface area contributed by atoms with Crippen LogP contribution in [0.1, 0.15) is 18.1 Å². The van der Waals surface area contributed by atoms with Gasteiger partial charge in [0.2, 0.25) is 0 Å². The lowest BCUT2D eigenvalue weighted by atomic mass is 10.1. The van der Waals surface area contributed by atoms with Gasteiger partial charge in [0.25, 0.3) is 0 Å². The van der Waals surface area contributed by atoms with E-state index in [9.17, 15) is 17.6 Å². The molecule has 1 rings (SSSR count). The molecule has 0 aromatic heterocycles. The molecule has 0 saturated carbocycles. The Morgan fingerprint density at radius 2 is 2.11 bits per heavy atom. The molecule has 1 aromatic rings. The quantitative estimate of drug-likeness (QED) is 0.781. The van der Waals surface area contributed by atoms with E-state index in [1.165, 1.54) is 12.1 Å². The zero-order chi connectivity index (χ0) is 14.5. The lowest BCUT2D eigenvalue weighted by molar-refractivity contribution is -0.139. The molecule has 0 unspecified atom stereocenters. The minimum absolute atomic E-state index is 0.0163. The van der Waals surface area contributed by atoms with E-state index in [-0.39, 0.29) is 24.5 Å². The predicted molar refractivity (Wildman–Crippen MR) is 68.4 cm³/mol. The molecule has 0 aliphatic carbocycles. The highest BCUT2D eigenvalue weighted by Crippen LogP contribution is 2.13. The topological polar surface area (TPSA) is 86.5 Å². The number of carbonyl (C=O) groups excluding carboxylic acids is 1. The van der Waals surface area contributed by atoms with Gasteiger partial charge in [0.15, 0.2) is 9.84 Å². The second-order valence-electron chi connectivity index (χ2n) is 3.97.